The first-order chi connectivity index (χ1) is 10.4. The number of rotatable bonds is 2. The van der Waals surface area contributed by atoms with Gasteiger partial charge in [-0.25, -0.2) is 4.79 Å². The Morgan fingerprint density at radius 3 is 2.50 bits per heavy atom. The van der Waals surface area contributed by atoms with Crippen LogP contribution in [-0.4, -0.2) is 24.0 Å². The van der Waals surface area contributed by atoms with Crippen LogP contribution in [0.5, 0.6) is 17.2 Å². The Morgan fingerprint density at radius 2 is 1.77 bits per heavy atom. The molecule has 3 rings (SSSR count). The van der Waals surface area contributed by atoms with Crippen molar-refractivity contribution in [3.8, 4) is 28.4 Å². The molecule has 0 amide bonds. The van der Waals surface area contributed by atoms with Crippen molar-refractivity contribution >= 4 is 5.97 Å². The van der Waals surface area contributed by atoms with Crippen molar-refractivity contribution in [2.45, 2.75) is 19.6 Å². The normalized spacial score (nSPS) is 15.5. The van der Waals surface area contributed by atoms with Crippen LogP contribution in [0.15, 0.2) is 36.4 Å². The van der Waals surface area contributed by atoms with E-state index in [-0.39, 0.29) is 11.3 Å². The van der Waals surface area contributed by atoms with Gasteiger partial charge in [0.15, 0.2) is 0 Å². The highest BCUT2D eigenvalue weighted by Gasteiger charge is 2.35. The second kappa shape index (κ2) is 4.94. The molecular weight excluding hydrogens is 284 g/mol. The van der Waals surface area contributed by atoms with Crippen molar-refractivity contribution in [2.24, 2.45) is 0 Å². The molecule has 0 spiro atoms. The van der Waals surface area contributed by atoms with Gasteiger partial charge in [-0.3, -0.25) is 0 Å². The second-order valence-electron chi connectivity index (χ2n) is 5.46. The fourth-order valence-corrected chi connectivity index (χ4v) is 2.46. The summed E-state index contributed by atoms with van der Waals surface area (Å²) in [6.07, 6.45) is 0. The van der Waals surface area contributed by atoms with Gasteiger partial charge in [-0.1, -0.05) is 18.2 Å². The molecular formula is C17H16O5. The lowest BCUT2D eigenvalue weighted by Gasteiger charge is -2.32. The number of esters is 1. The number of carbonyl (C=O) groups excluding carboxylic acids is 1. The van der Waals surface area contributed by atoms with Crippen molar-refractivity contribution in [3.05, 3.63) is 42.0 Å². The zero-order valence-electron chi connectivity index (χ0n) is 12.5. The van der Waals surface area contributed by atoms with Crippen LogP contribution in [0.3, 0.4) is 0 Å². The number of hydrogen-bond donors (Lipinski definition) is 1. The number of hydrogen-bond acceptors (Lipinski definition) is 5. The van der Waals surface area contributed by atoms with E-state index in [1.807, 2.05) is 12.1 Å². The van der Waals surface area contributed by atoms with E-state index in [4.69, 9.17) is 14.2 Å². The third-order valence-corrected chi connectivity index (χ3v) is 3.41. The molecule has 0 unspecified atom stereocenters. The van der Waals surface area contributed by atoms with E-state index in [1.54, 1.807) is 39.2 Å². The Hall–Kier alpha value is -2.69. The summed E-state index contributed by atoms with van der Waals surface area (Å²) in [6, 6.07) is 10.2. The number of methoxy groups -OCH3 is 1. The van der Waals surface area contributed by atoms with E-state index in [2.05, 4.69) is 0 Å². The first kappa shape index (κ1) is 14.3. The van der Waals surface area contributed by atoms with E-state index in [9.17, 15) is 9.90 Å². The number of aromatic hydroxyl groups is 1. The zero-order valence-corrected chi connectivity index (χ0v) is 12.5. The van der Waals surface area contributed by atoms with Crippen LogP contribution in [-0.2, 0) is 4.74 Å². The predicted octanol–water partition coefficient (Wildman–Crippen LogP) is 3.35. The number of benzene rings is 2. The number of para-hydroxylation sites is 1. The van der Waals surface area contributed by atoms with Crippen LogP contribution in [0.2, 0.25) is 0 Å². The minimum Gasteiger partial charge on any atom is -0.507 e. The molecule has 1 aliphatic rings. The standard InChI is InChI=1S/C17H16O5/c1-17(2)21-15-9-13(18)11(8-12(15)16(19)22-17)10-6-4-5-7-14(10)20-3/h4-9,18H,1-3H3. The third kappa shape index (κ3) is 2.35. The van der Waals surface area contributed by atoms with Gasteiger partial charge in [-0.2, -0.15) is 0 Å². The summed E-state index contributed by atoms with van der Waals surface area (Å²) in [6.45, 7) is 3.28. The van der Waals surface area contributed by atoms with Gasteiger partial charge >= 0.3 is 5.97 Å². The minimum atomic E-state index is -1.05. The molecule has 0 fully saturated rings. The van der Waals surface area contributed by atoms with Crippen LogP contribution >= 0.6 is 0 Å². The molecule has 0 atom stereocenters. The molecule has 114 valence electrons. The Balaban J connectivity index is 2.17. The molecule has 1 heterocycles. The van der Waals surface area contributed by atoms with E-state index >= 15 is 0 Å². The summed E-state index contributed by atoms with van der Waals surface area (Å²) in [4.78, 5) is 12.1. The van der Waals surface area contributed by atoms with Gasteiger partial charge in [-0.15, -0.1) is 0 Å². The molecule has 5 nitrogen and oxygen atoms in total. The first-order valence-corrected chi connectivity index (χ1v) is 6.84. The Bertz CT molecular complexity index is 749. The fraction of sp³-hybridized carbons (Fsp3) is 0.235. The van der Waals surface area contributed by atoms with E-state index < -0.39 is 11.8 Å². The number of phenolic OH excluding ortho intramolecular Hbond substituents is 1. The quantitative estimate of drug-likeness (QED) is 0.862. The minimum absolute atomic E-state index is 0.00810. The van der Waals surface area contributed by atoms with E-state index in [0.29, 0.717) is 22.6 Å². The summed E-state index contributed by atoms with van der Waals surface area (Å²) in [5, 5.41) is 10.3. The lowest BCUT2D eigenvalue weighted by Crippen LogP contribution is -2.38. The number of phenols is 1. The Morgan fingerprint density at radius 1 is 1.05 bits per heavy atom. The average molecular weight is 300 g/mol. The fourth-order valence-electron chi connectivity index (χ4n) is 2.46. The van der Waals surface area contributed by atoms with Gasteiger partial charge in [0.25, 0.3) is 0 Å². The van der Waals surface area contributed by atoms with Gasteiger partial charge < -0.3 is 19.3 Å². The van der Waals surface area contributed by atoms with E-state index in [1.165, 1.54) is 6.07 Å². The molecule has 5 heteroatoms. The molecule has 0 aliphatic carbocycles. The molecule has 0 radical (unpaired) electrons. The Labute approximate surface area is 128 Å². The maximum atomic E-state index is 12.1. The van der Waals surface area contributed by atoms with Crippen molar-refractivity contribution in [2.75, 3.05) is 7.11 Å². The summed E-state index contributed by atoms with van der Waals surface area (Å²) >= 11 is 0. The summed E-state index contributed by atoms with van der Waals surface area (Å²) in [5.41, 5.74) is 1.44. The molecule has 2 aromatic carbocycles. The van der Waals surface area contributed by atoms with Crippen molar-refractivity contribution in [1.29, 1.82) is 0 Å². The molecule has 2 aromatic rings. The number of carbonyl (C=O) groups is 1. The Kier molecular flexibility index (Phi) is 3.20. The zero-order chi connectivity index (χ0) is 15.9. The van der Waals surface area contributed by atoms with Crippen LogP contribution in [0.4, 0.5) is 0 Å². The van der Waals surface area contributed by atoms with Crippen molar-refractivity contribution in [3.63, 3.8) is 0 Å². The number of ether oxygens (including phenoxy) is 3. The molecule has 0 bridgehead atoms. The largest absolute Gasteiger partial charge is 0.507 e. The van der Waals surface area contributed by atoms with Gasteiger partial charge in [0.05, 0.1) is 7.11 Å². The summed E-state index contributed by atoms with van der Waals surface area (Å²) in [7, 11) is 1.55. The SMILES string of the molecule is COc1ccccc1-c1cc2c(cc1O)OC(C)(C)OC2=O. The maximum absolute atomic E-state index is 12.1. The first-order valence-electron chi connectivity index (χ1n) is 6.84. The highest BCUT2D eigenvalue weighted by Crippen LogP contribution is 2.42. The highest BCUT2D eigenvalue weighted by molar-refractivity contribution is 5.96. The van der Waals surface area contributed by atoms with Crippen LogP contribution in [0.1, 0.15) is 24.2 Å². The smallest absolute Gasteiger partial charge is 0.345 e. The van der Waals surface area contributed by atoms with Crippen molar-refractivity contribution in [1.82, 2.24) is 0 Å². The summed E-state index contributed by atoms with van der Waals surface area (Å²) in [5.74, 6) is -0.626. The lowest BCUT2D eigenvalue weighted by atomic mass is 9.99. The maximum Gasteiger partial charge on any atom is 0.345 e. The van der Waals surface area contributed by atoms with Gasteiger partial charge in [0.1, 0.15) is 22.8 Å². The predicted molar refractivity (Wildman–Crippen MR) is 80.2 cm³/mol. The van der Waals surface area contributed by atoms with E-state index in [0.717, 1.165) is 0 Å². The molecule has 22 heavy (non-hydrogen) atoms. The number of cyclic esters (lactones) is 1. The molecule has 0 saturated carbocycles. The summed E-state index contributed by atoms with van der Waals surface area (Å²) < 4.78 is 16.1. The van der Waals surface area contributed by atoms with Gasteiger partial charge in [-0.05, 0) is 12.1 Å². The third-order valence-electron chi connectivity index (χ3n) is 3.41. The molecule has 1 aliphatic heterocycles. The monoisotopic (exact) mass is 300 g/mol. The molecule has 1 N–H and O–H groups in total. The van der Waals surface area contributed by atoms with Gasteiger partial charge in [0.2, 0.25) is 5.79 Å². The van der Waals surface area contributed by atoms with Gasteiger partial charge in [0, 0.05) is 31.0 Å². The van der Waals surface area contributed by atoms with Crippen molar-refractivity contribution < 1.29 is 24.1 Å². The van der Waals surface area contributed by atoms with Crippen LogP contribution < -0.4 is 9.47 Å². The lowest BCUT2D eigenvalue weighted by molar-refractivity contribution is -0.127. The molecule has 0 saturated heterocycles. The highest BCUT2D eigenvalue weighted by atomic mass is 16.7. The van der Waals surface area contributed by atoms with Crippen LogP contribution in [0.25, 0.3) is 11.1 Å². The topological polar surface area (TPSA) is 65.0 Å². The molecule has 0 aromatic heterocycles. The second-order valence-corrected chi connectivity index (χ2v) is 5.46. The van der Waals surface area contributed by atoms with Crippen LogP contribution in [0, 0.1) is 0 Å². The number of fused-ring (bicyclic) bond motifs is 1. The average Bonchev–Trinajstić information content (AvgIpc) is 2.45.